The second-order valence-electron chi connectivity index (χ2n) is 5.47. The van der Waals surface area contributed by atoms with Gasteiger partial charge in [0.1, 0.15) is 11.5 Å². The topological polar surface area (TPSA) is 99.4 Å². The molecule has 3 rings (SSSR count). The van der Waals surface area contributed by atoms with Crippen molar-refractivity contribution >= 4 is 11.9 Å². The quantitative estimate of drug-likeness (QED) is 0.900. The van der Waals surface area contributed by atoms with Crippen LogP contribution in [0.4, 0.5) is 0 Å². The zero-order chi connectivity index (χ0) is 15.7. The number of hydrogen-bond acceptors (Lipinski definition) is 4. The zero-order valence-corrected chi connectivity index (χ0v) is 12.2. The Hall–Kier alpha value is -2.57. The molecule has 7 heteroatoms. The molecular formula is C15H17N3O4. The lowest BCUT2D eigenvalue weighted by Crippen LogP contribution is -2.37. The lowest BCUT2D eigenvalue weighted by molar-refractivity contribution is -0.137. The molecule has 22 heavy (non-hydrogen) atoms. The zero-order valence-electron chi connectivity index (χ0n) is 12.2. The number of nitrogens with one attached hydrogen (secondary N) is 1. The molecular weight excluding hydrogens is 286 g/mol. The number of likely N-dealkylation sites (tertiary alicyclic amines) is 1. The summed E-state index contributed by atoms with van der Waals surface area (Å²) >= 11 is 0. The van der Waals surface area contributed by atoms with Gasteiger partial charge in [-0.1, -0.05) is 0 Å². The van der Waals surface area contributed by atoms with Crippen molar-refractivity contribution in [1.29, 1.82) is 0 Å². The monoisotopic (exact) mass is 303 g/mol. The van der Waals surface area contributed by atoms with E-state index in [1.807, 2.05) is 13.0 Å². The normalized spacial score (nSPS) is 17.9. The molecule has 1 aliphatic rings. The molecule has 2 aromatic heterocycles. The number of aromatic nitrogens is 2. The number of furan rings is 1. The number of hydrogen-bond donors (Lipinski definition) is 2. The first-order valence-corrected chi connectivity index (χ1v) is 7.19. The molecule has 1 atom stereocenters. The number of carboxylic acid groups (broad SMARTS) is 1. The molecule has 0 aromatic carbocycles. The van der Waals surface area contributed by atoms with Gasteiger partial charge in [-0.25, -0.2) is 0 Å². The fourth-order valence-electron chi connectivity index (χ4n) is 2.80. The number of carboxylic acids is 1. The van der Waals surface area contributed by atoms with Crippen LogP contribution in [0.15, 0.2) is 22.6 Å². The number of aromatic amines is 1. The van der Waals surface area contributed by atoms with E-state index >= 15 is 0 Å². The van der Waals surface area contributed by atoms with Crippen molar-refractivity contribution in [3.05, 3.63) is 29.7 Å². The Morgan fingerprint density at radius 2 is 2.32 bits per heavy atom. The van der Waals surface area contributed by atoms with E-state index < -0.39 is 5.97 Å². The van der Waals surface area contributed by atoms with Crippen LogP contribution in [0.2, 0.25) is 0 Å². The molecule has 0 bridgehead atoms. The van der Waals surface area contributed by atoms with Gasteiger partial charge in [-0.05, 0) is 31.9 Å². The predicted octanol–water partition coefficient (Wildman–Crippen LogP) is 2.06. The van der Waals surface area contributed by atoms with Crippen LogP contribution in [0.5, 0.6) is 0 Å². The van der Waals surface area contributed by atoms with Gasteiger partial charge in [0.2, 0.25) is 0 Å². The molecule has 0 spiro atoms. The van der Waals surface area contributed by atoms with Crippen LogP contribution in [-0.2, 0) is 4.79 Å². The maximum atomic E-state index is 12.5. The third-order valence-corrected chi connectivity index (χ3v) is 3.85. The van der Waals surface area contributed by atoms with E-state index in [2.05, 4.69) is 10.2 Å². The Balaban J connectivity index is 1.78. The predicted molar refractivity (Wildman–Crippen MR) is 77.3 cm³/mol. The minimum absolute atomic E-state index is 0.0274. The molecule has 1 aliphatic heterocycles. The lowest BCUT2D eigenvalue weighted by Gasteiger charge is -2.22. The van der Waals surface area contributed by atoms with Gasteiger partial charge in [-0.3, -0.25) is 14.7 Å². The molecule has 1 unspecified atom stereocenters. The largest absolute Gasteiger partial charge is 0.481 e. The summed E-state index contributed by atoms with van der Waals surface area (Å²) in [5.41, 5.74) is 0.909. The maximum Gasteiger partial charge on any atom is 0.305 e. The van der Waals surface area contributed by atoms with Crippen LogP contribution in [-0.4, -0.2) is 44.7 Å². The van der Waals surface area contributed by atoms with Gasteiger partial charge >= 0.3 is 5.97 Å². The Kier molecular flexibility index (Phi) is 3.70. The third kappa shape index (κ3) is 2.74. The SMILES string of the molecule is Cc1ccc(-c2cc(C(=O)N3CCCC3CC(=O)O)n[nH]2)o1. The number of rotatable bonds is 4. The summed E-state index contributed by atoms with van der Waals surface area (Å²) in [6.45, 7) is 2.41. The van der Waals surface area contributed by atoms with Crippen LogP contribution in [0.25, 0.3) is 11.5 Å². The number of aryl methyl sites for hydroxylation is 1. The van der Waals surface area contributed by atoms with E-state index in [9.17, 15) is 9.59 Å². The highest BCUT2D eigenvalue weighted by atomic mass is 16.4. The first-order chi connectivity index (χ1) is 10.5. The number of amides is 1. The van der Waals surface area contributed by atoms with Crippen molar-refractivity contribution in [2.24, 2.45) is 0 Å². The average Bonchev–Trinajstić information content (AvgIpc) is 3.16. The first kappa shape index (κ1) is 14.4. The fourth-order valence-corrected chi connectivity index (χ4v) is 2.80. The van der Waals surface area contributed by atoms with Gasteiger partial charge in [0.15, 0.2) is 11.5 Å². The summed E-state index contributed by atoms with van der Waals surface area (Å²) in [6.07, 6.45) is 1.51. The maximum absolute atomic E-state index is 12.5. The highest BCUT2D eigenvalue weighted by Gasteiger charge is 2.32. The number of nitrogens with zero attached hydrogens (tertiary/aromatic N) is 2. The summed E-state index contributed by atoms with van der Waals surface area (Å²) in [5.74, 6) is 0.263. The number of aliphatic carboxylic acids is 1. The molecule has 0 radical (unpaired) electrons. The van der Waals surface area contributed by atoms with E-state index in [-0.39, 0.29) is 24.1 Å². The summed E-state index contributed by atoms with van der Waals surface area (Å²) in [6, 6.07) is 5.02. The summed E-state index contributed by atoms with van der Waals surface area (Å²) < 4.78 is 5.49. The van der Waals surface area contributed by atoms with E-state index in [0.29, 0.717) is 24.4 Å². The Morgan fingerprint density at radius 3 is 3.00 bits per heavy atom. The van der Waals surface area contributed by atoms with Gasteiger partial charge < -0.3 is 14.4 Å². The third-order valence-electron chi connectivity index (χ3n) is 3.85. The van der Waals surface area contributed by atoms with Crippen molar-refractivity contribution in [1.82, 2.24) is 15.1 Å². The highest BCUT2D eigenvalue weighted by molar-refractivity contribution is 5.94. The van der Waals surface area contributed by atoms with Crippen molar-refractivity contribution < 1.29 is 19.1 Å². The molecule has 1 fully saturated rings. The van der Waals surface area contributed by atoms with Gasteiger partial charge in [-0.15, -0.1) is 0 Å². The van der Waals surface area contributed by atoms with Crippen molar-refractivity contribution in [2.75, 3.05) is 6.54 Å². The second-order valence-corrected chi connectivity index (χ2v) is 5.47. The first-order valence-electron chi connectivity index (χ1n) is 7.19. The molecule has 2 N–H and O–H groups in total. The van der Waals surface area contributed by atoms with Crippen molar-refractivity contribution in [3.63, 3.8) is 0 Å². The molecule has 0 saturated carbocycles. The van der Waals surface area contributed by atoms with E-state index in [1.54, 1.807) is 17.0 Å². The van der Waals surface area contributed by atoms with Crippen LogP contribution in [0.3, 0.4) is 0 Å². The van der Waals surface area contributed by atoms with E-state index in [1.165, 1.54) is 0 Å². The highest BCUT2D eigenvalue weighted by Crippen LogP contribution is 2.24. The molecule has 0 aliphatic carbocycles. The molecule has 1 amide bonds. The average molecular weight is 303 g/mol. The lowest BCUT2D eigenvalue weighted by atomic mass is 10.1. The minimum atomic E-state index is -0.890. The van der Waals surface area contributed by atoms with Crippen LogP contribution < -0.4 is 0 Å². The summed E-state index contributed by atoms with van der Waals surface area (Å²) in [5, 5.41) is 15.8. The van der Waals surface area contributed by atoms with Gasteiger partial charge in [-0.2, -0.15) is 5.10 Å². The number of carbonyl (C=O) groups excluding carboxylic acids is 1. The molecule has 7 nitrogen and oxygen atoms in total. The molecule has 2 aromatic rings. The molecule has 3 heterocycles. The summed E-state index contributed by atoms with van der Waals surface area (Å²) in [7, 11) is 0. The molecule has 1 saturated heterocycles. The van der Waals surface area contributed by atoms with Crippen molar-refractivity contribution in [2.45, 2.75) is 32.2 Å². The molecule has 116 valence electrons. The Labute approximate surface area is 126 Å². The van der Waals surface area contributed by atoms with E-state index in [4.69, 9.17) is 9.52 Å². The Bertz CT molecular complexity index is 703. The van der Waals surface area contributed by atoms with Crippen LogP contribution in [0, 0.1) is 6.92 Å². The minimum Gasteiger partial charge on any atom is -0.481 e. The van der Waals surface area contributed by atoms with E-state index in [0.717, 1.165) is 12.2 Å². The smallest absolute Gasteiger partial charge is 0.305 e. The van der Waals surface area contributed by atoms with Crippen molar-refractivity contribution in [3.8, 4) is 11.5 Å². The fraction of sp³-hybridized carbons (Fsp3) is 0.400. The van der Waals surface area contributed by atoms with Gasteiger partial charge in [0, 0.05) is 18.7 Å². The summed E-state index contributed by atoms with van der Waals surface area (Å²) in [4.78, 5) is 25.0. The Morgan fingerprint density at radius 1 is 1.50 bits per heavy atom. The van der Waals surface area contributed by atoms with Gasteiger partial charge in [0.05, 0.1) is 6.42 Å². The van der Waals surface area contributed by atoms with Crippen LogP contribution in [0.1, 0.15) is 35.5 Å². The standard InChI is InChI=1S/C15H17N3O4/c1-9-4-5-13(22-9)11-8-12(17-16-11)15(21)18-6-2-3-10(18)7-14(19)20/h4-5,8,10H,2-3,6-7H2,1H3,(H,16,17)(H,19,20). The van der Waals surface area contributed by atoms with Gasteiger partial charge in [0.25, 0.3) is 5.91 Å². The number of carbonyl (C=O) groups is 2. The van der Waals surface area contributed by atoms with Crippen LogP contribution >= 0.6 is 0 Å². The second kappa shape index (κ2) is 5.67. The number of H-pyrrole nitrogens is 1.